The number of rotatable bonds is 3. The second kappa shape index (κ2) is 5.86. The maximum absolute atomic E-state index is 6.17. The zero-order valence-electron chi connectivity index (χ0n) is 11.3. The number of halogens is 1. The molecule has 0 amide bonds. The zero-order chi connectivity index (χ0) is 13.9. The lowest BCUT2D eigenvalue weighted by Crippen LogP contribution is -2.17. The highest BCUT2D eigenvalue weighted by molar-refractivity contribution is 6.31. The molecule has 20 heavy (non-hydrogen) atoms. The molecule has 104 valence electrons. The smallest absolute Gasteiger partial charge is 0.120 e. The fourth-order valence-corrected chi connectivity index (χ4v) is 2.87. The first-order chi connectivity index (χ1) is 9.74. The van der Waals surface area contributed by atoms with E-state index >= 15 is 0 Å². The lowest BCUT2D eigenvalue weighted by Gasteiger charge is -2.22. The highest BCUT2D eigenvalue weighted by Gasteiger charge is 2.17. The van der Waals surface area contributed by atoms with Gasteiger partial charge in [0.1, 0.15) is 12.4 Å². The van der Waals surface area contributed by atoms with Gasteiger partial charge in [0.25, 0.3) is 0 Å². The van der Waals surface area contributed by atoms with Gasteiger partial charge in [-0.3, -0.25) is 0 Å². The van der Waals surface area contributed by atoms with Crippen LogP contribution in [-0.2, 0) is 13.0 Å². The average molecular weight is 288 g/mol. The van der Waals surface area contributed by atoms with E-state index in [1.165, 1.54) is 17.5 Å². The number of aryl methyl sites for hydroxylation is 1. The maximum Gasteiger partial charge on any atom is 0.120 e. The van der Waals surface area contributed by atoms with E-state index in [4.69, 9.17) is 22.1 Å². The van der Waals surface area contributed by atoms with Crippen LogP contribution in [0.1, 0.15) is 35.6 Å². The number of nitrogens with two attached hydrogens (primary N) is 1. The molecule has 0 unspecified atom stereocenters. The quantitative estimate of drug-likeness (QED) is 0.916. The van der Waals surface area contributed by atoms with Gasteiger partial charge in [0.15, 0.2) is 0 Å². The first-order valence-electron chi connectivity index (χ1n) is 6.98. The second-order valence-electron chi connectivity index (χ2n) is 5.24. The third-order valence-electron chi connectivity index (χ3n) is 3.83. The molecule has 0 saturated heterocycles. The molecule has 3 heteroatoms. The van der Waals surface area contributed by atoms with Gasteiger partial charge in [0.2, 0.25) is 0 Å². The number of hydrogen-bond donors (Lipinski definition) is 1. The molecule has 0 bridgehead atoms. The van der Waals surface area contributed by atoms with Crippen LogP contribution in [-0.4, -0.2) is 0 Å². The van der Waals surface area contributed by atoms with Crippen LogP contribution in [0.25, 0.3) is 0 Å². The van der Waals surface area contributed by atoms with Crippen molar-refractivity contribution in [3.63, 3.8) is 0 Å². The Morgan fingerprint density at radius 3 is 2.90 bits per heavy atom. The van der Waals surface area contributed by atoms with Crippen LogP contribution in [0.4, 0.5) is 0 Å². The van der Waals surface area contributed by atoms with Crippen molar-refractivity contribution in [1.29, 1.82) is 0 Å². The Morgan fingerprint density at radius 1 is 1.20 bits per heavy atom. The molecule has 0 fully saturated rings. The molecular weight excluding hydrogens is 270 g/mol. The number of fused-ring (bicyclic) bond motifs is 1. The molecule has 0 aliphatic heterocycles. The molecule has 2 nitrogen and oxygen atoms in total. The maximum atomic E-state index is 6.17. The third-order valence-corrected chi connectivity index (χ3v) is 4.20. The first-order valence-corrected chi connectivity index (χ1v) is 7.36. The Kier molecular flexibility index (Phi) is 3.95. The minimum atomic E-state index is 0.141. The van der Waals surface area contributed by atoms with Crippen LogP contribution in [0.5, 0.6) is 5.75 Å². The molecule has 2 aromatic carbocycles. The van der Waals surface area contributed by atoms with E-state index < -0.39 is 0 Å². The van der Waals surface area contributed by atoms with Crippen LogP contribution in [0.15, 0.2) is 42.5 Å². The van der Waals surface area contributed by atoms with Crippen molar-refractivity contribution in [3.05, 3.63) is 64.2 Å². The predicted molar refractivity (Wildman–Crippen MR) is 82.1 cm³/mol. The SMILES string of the molecule is N[C@@H]1CCCc2ccc(OCc3ccccc3Cl)cc21. The normalized spacial score (nSPS) is 17.6. The summed E-state index contributed by atoms with van der Waals surface area (Å²) in [4.78, 5) is 0. The van der Waals surface area contributed by atoms with Gasteiger partial charge in [-0.15, -0.1) is 0 Å². The number of ether oxygens (including phenoxy) is 1. The van der Waals surface area contributed by atoms with Crippen LogP contribution < -0.4 is 10.5 Å². The van der Waals surface area contributed by atoms with Gasteiger partial charge in [-0.1, -0.05) is 35.9 Å². The molecule has 1 atom stereocenters. The summed E-state index contributed by atoms with van der Waals surface area (Å²) in [5, 5.41) is 0.738. The molecule has 2 aromatic rings. The molecule has 1 aliphatic rings. The standard InChI is InChI=1S/C17H18ClNO/c18-16-6-2-1-4-13(16)11-20-14-9-8-12-5-3-7-17(19)15(12)10-14/h1-2,4,6,8-10,17H,3,5,7,11,19H2/t17-/m1/s1. The summed E-state index contributed by atoms with van der Waals surface area (Å²) in [5.41, 5.74) is 9.75. The molecule has 1 aliphatic carbocycles. The lowest BCUT2D eigenvalue weighted by atomic mass is 9.88. The summed E-state index contributed by atoms with van der Waals surface area (Å²) in [5.74, 6) is 0.862. The number of hydrogen-bond acceptors (Lipinski definition) is 2. The Bertz CT molecular complexity index is 612. The Balaban J connectivity index is 1.75. The van der Waals surface area contributed by atoms with E-state index in [-0.39, 0.29) is 6.04 Å². The second-order valence-corrected chi connectivity index (χ2v) is 5.65. The van der Waals surface area contributed by atoms with Gasteiger partial charge in [0, 0.05) is 16.6 Å². The Hall–Kier alpha value is -1.51. The fraction of sp³-hybridized carbons (Fsp3) is 0.294. The summed E-state index contributed by atoms with van der Waals surface area (Å²) in [6.45, 7) is 0.480. The number of benzene rings is 2. The van der Waals surface area contributed by atoms with E-state index in [1.807, 2.05) is 30.3 Å². The first kappa shape index (κ1) is 13.5. The van der Waals surface area contributed by atoms with Crippen LogP contribution in [0, 0.1) is 0 Å². The molecule has 0 radical (unpaired) electrons. The van der Waals surface area contributed by atoms with Gasteiger partial charge in [0.05, 0.1) is 0 Å². The minimum absolute atomic E-state index is 0.141. The van der Waals surface area contributed by atoms with Crippen molar-refractivity contribution in [2.75, 3.05) is 0 Å². The van der Waals surface area contributed by atoms with Gasteiger partial charge in [-0.2, -0.15) is 0 Å². The van der Waals surface area contributed by atoms with Crippen LogP contribution in [0.2, 0.25) is 5.02 Å². The van der Waals surface area contributed by atoms with Crippen molar-refractivity contribution in [2.24, 2.45) is 5.73 Å². The van der Waals surface area contributed by atoms with Crippen molar-refractivity contribution in [3.8, 4) is 5.75 Å². The van der Waals surface area contributed by atoms with E-state index in [9.17, 15) is 0 Å². The zero-order valence-corrected chi connectivity index (χ0v) is 12.1. The van der Waals surface area contributed by atoms with E-state index in [1.54, 1.807) is 0 Å². The summed E-state index contributed by atoms with van der Waals surface area (Å²) < 4.78 is 5.85. The highest BCUT2D eigenvalue weighted by atomic mass is 35.5. The van der Waals surface area contributed by atoms with Gasteiger partial charge in [-0.05, 0) is 48.6 Å². The molecule has 0 aromatic heterocycles. The Morgan fingerprint density at radius 2 is 2.05 bits per heavy atom. The fourth-order valence-electron chi connectivity index (χ4n) is 2.68. The van der Waals surface area contributed by atoms with Crippen molar-refractivity contribution in [1.82, 2.24) is 0 Å². The van der Waals surface area contributed by atoms with E-state index in [2.05, 4.69) is 12.1 Å². The van der Waals surface area contributed by atoms with E-state index in [0.29, 0.717) is 6.61 Å². The van der Waals surface area contributed by atoms with E-state index in [0.717, 1.165) is 29.2 Å². The van der Waals surface area contributed by atoms with Crippen molar-refractivity contribution in [2.45, 2.75) is 31.9 Å². The van der Waals surface area contributed by atoms with Gasteiger partial charge in [-0.25, -0.2) is 0 Å². The van der Waals surface area contributed by atoms with Crippen LogP contribution in [0.3, 0.4) is 0 Å². The molecule has 2 N–H and O–H groups in total. The topological polar surface area (TPSA) is 35.2 Å². The molecule has 0 spiro atoms. The summed E-state index contributed by atoms with van der Waals surface area (Å²) in [7, 11) is 0. The summed E-state index contributed by atoms with van der Waals surface area (Å²) >= 11 is 6.13. The molecule has 3 rings (SSSR count). The Labute approximate surface area is 124 Å². The van der Waals surface area contributed by atoms with Gasteiger partial charge >= 0.3 is 0 Å². The lowest BCUT2D eigenvalue weighted by molar-refractivity contribution is 0.305. The molecule has 0 saturated carbocycles. The largest absolute Gasteiger partial charge is 0.489 e. The minimum Gasteiger partial charge on any atom is -0.489 e. The third kappa shape index (κ3) is 2.82. The molecular formula is C17H18ClNO. The molecule has 0 heterocycles. The van der Waals surface area contributed by atoms with Crippen molar-refractivity contribution >= 4 is 11.6 Å². The monoisotopic (exact) mass is 287 g/mol. The summed E-state index contributed by atoms with van der Waals surface area (Å²) in [6.07, 6.45) is 3.35. The average Bonchev–Trinajstić information content (AvgIpc) is 2.47. The highest BCUT2D eigenvalue weighted by Crippen LogP contribution is 2.31. The van der Waals surface area contributed by atoms with Crippen molar-refractivity contribution < 1.29 is 4.74 Å². The summed E-state index contributed by atoms with van der Waals surface area (Å²) in [6, 6.07) is 14.1. The van der Waals surface area contributed by atoms with Crippen LogP contribution >= 0.6 is 11.6 Å². The van der Waals surface area contributed by atoms with Gasteiger partial charge < -0.3 is 10.5 Å². The predicted octanol–water partition coefficient (Wildman–Crippen LogP) is 4.26.